The molecule has 3 nitrogen and oxygen atoms in total. The monoisotopic (exact) mass is 226 g/mol. The van der Waals surface area contributed by atoms with Crippen molar-refractivity contribution in [2.75, 3.05) is 7.05 Å². The summed E-state index contributed by atoms with van der Waals surface area (Å²) in [6.45, 7) is 4.34. The minimum atomic E-state index is -0.299. The number of nitrogens with zero attached hydrogens (tertiary/aromatic N) is 1. The van der Waals surface area contributed by atoms with Gasteiger partial charge in [0.25, 0.3) is 0 Å². The average Bonchev–Trinajstić information content (AvgIpc) is 2.27. The molecule has 1 fully saturated rings. The van der Waals surface area contributed by atoms with Crippen molar-refractivity contribution in [1.29, 1.82) is 0 Å². The molecule has 0 saturated heterocycles. The summed E-state index contributed by atoms with van der Waals surface area (Å²) >= 11 is 0. The van der Waals surface area contributed by atoms with Gasteiger partial charge in [-0.2, -0.15) is 0 Å². The van der Waals surface area contributed by atoms with Gasteiger partial charge in [0.05, 0.1) is 6.04 Å². The van der Waals surface area contributed by atoms with Crippen molar-refractivity contribution in [2.24, 2.45) is 11.7 Å². The van der Waals surface area contributed by atoms with Crippen molar-refractivity contribution in [3.8, 4) is 0 Å². The van der Waals surface area contributed by atoms with E-state index < -0.39 is 0 Å². The summed E-state index contributed by atoms with van der Waals surface area (Å²) < 4.78 is 0. The first-order chi connectivity index (χ1) is 7.56. The van der Waals surface area contributed by atoms with Gasteiger partial charge in [0.1, 0.15) is 0 Å². The highest BCUT2D eigenvalue weighted by atomic mass is 16.2. The van der Waals surface area contributed by atoms with Crippen molar-refractivity contribution >= 4 is 5.91 Å². The molecule has 1 aliphatic carbocycles. The molecule has 1 rings (SSSR count). The van der Waals surface area contributed by atoms with E-state index in [0.717, 1.165) is 31.6 Å². The van der Waals surface area contributed by atoms with Gasteiger partial charge in [-0.3, -0.25) is 4.79 Å². The van der Waals surface area contributed by atoms with Gasteiger partial charge in [-0.05, 0) is 25.2 Å². The van der Waals surface area contributed by atoms with Crippen LogP contribution in [0.5, 0.6) is 0 Å². The Morgan fingerprint density at radius 2 is 2.19 bits per heavy atom. The zero-order valence-electron chi connectivity index (χ0n) is 10.9. The lowest BCUT2D eigenvalue weighted by molar-refractivity contribution is -0.134. The van der Waals surface area contributed by atoms with Crippen LogP contribution in [-0.2, 0) is 4.79 Å². The number of likely N-dealkylation sites (N-methyl/N-ethyl adjacent to an activating group) is 1. The molecule has 94 valence electrons. The van der Waals surface area contributed by atoms with E-state index in [-0.39, 0.29) is 11.9 Å². The van der Waals surface area contributed by atoms with E-state index >= 15 is 0 Å². The molecule has 0 spiro atoms. The Kier molecular flexibility index (Phi) is 5.26. The van der Waals surface area contributed by atoms with Crippen LogP contribution in [0.2, 0.25) is 0 Å². The number of hydrogen-bond acceptors (Lipinski definition) is 2. The van der Waals surface area contributed by atoms with E-state index in [2.05, 4.69) is 13.8 Å². The fraction of sp³-hybridized carbons (Fsp3) is 0.923. The first-order valence-corrected chi connectivity index (χ1v) is 6.58. The molecule has 0 radical (unpaired) electrons. The van der Waals surface area contributed by atoms with E-state index in [1.54, 1.807) is 0 Å². The van der Waals surface area contributed by atoms with Crippen molar-refractivity contribution in [1.82, 2.24) is 4.90 Å². The van der Waals surface area contributed by atoms with Crippen LogP contribution in [0.25, 0.3) is 0 Å². The maximum Gasteiger partial charge on any atom is 0.239 e. The van der Waals surface area contributed by atoms with E-state index in [4.69, 9.17) is 5.73 Å². The van der Waals surface area contributed by atoms with Crippen LogP contribution < -0.4 is 5.73 Å². The van der Waals surface area contributed by atoms with Crippen LogP contribution in [-0.4, -0.2) is 29.9 Å². The molecule has 1 amide bonds. The summed E-state index contributed by atoms with van der Waals surface area (Å²) in [6, 6.07) is 0.117. The predicted octanol–water partition coefficient (Wildman–Crippen LogP) is 2.15. The minimum Gasteiger partial charge on any atom is -0.341 e. The Labute approximate surface area is 99.4 Å². The Morgan fingerprint density at radius 1 is 1.50 bits per heavy atom. The van der Waals surface area contributed by atoms with Crippen LogP contribution in [0.4, 0.5) is 0 Å². The standard InChI is InChI=1S/C13H26N2O/c1-4-6-12(14)13(16)15(3)11-8-5-7-10(2)9-11/h10-12H,4-9,14H2,1-3H3/t10?,11?,12-/m1/s1. The molecule has 2 N–H and O–H groups in total. The quantitative estimate of drug-likeness (QED) is 0.798. The highest BCUT2D eigenvalue weighted by molar-refractivity contribution is 5.81. The van der Waals surface area contributed by atoms with Crippen molar-refractivity contribution < 1.29 is 4.79 Å². The summed E-state index contributed by atoms with van der Waals surface area (Å²) in [4.78, 5) is 13.9. The van der Waals surface area contributed by atoms with Gasteiger partial charge in [0.2, 0.25) is 5.91 Å². The van der Waals surface area contributed by atoms with E-state index in [1.165, 1.54) is 12.8 Å². The van der Waals surface area contributed by atoms with Gasteiger partial charge in [0.15, 0.2) is 0 Å². The molecule has 2 unspecified atom stereocenters. The third-order valence-electron chi connectivity index (χ3n) is 3.72. The highest BCUT2D eigenvalue weighted by Gasteiger charge is 2.27. The Bertz CT molecular complexity index is 230. The molecule has 0 aliphatic heterocycles. The number of amides is 1. The summed E-state index contributed by atoms with van der Waals surface area (Å²) in [5, 5.41) is 0. The Hall–Kier alpha value is -0.570. The number of hydrogen-bond donors (Lipinski definition) is 1. The summed E-state index contributed by atoms with van der Waals surface area (Å²) in [7, 11) is 1.92. The van der Waals surface area contributed by atoms with Gasteiger partial charge in [-0.1, -0.05) is 33.1 Å². The van der Waals surface area contributed by atoms with E-state index in [9.17, 15) is 4.79 Å². The second-order valence-electron chi connectivity index (χ2n) is 5.27. The smallest absolute Gasteiger partial charge is 0.239 e. The van der Waals surface area contributed by atoms with Crippen molar-refractivity contribution in [2.45, 2.75) is 64.5 Å². The van der Waals surface area contributed by atoms with Crippen molar-refractivity contribution in [3.05, 3.63) is 0 Å². The molecular weight excluding hydrogens is 200 g/mol. The molecule has 0 aromatic rings. The molecule has 3 atom stereocenters. The average molecular weight is 226 g/mol. The van der Waals surface area contributed by atoms with Crippen LogP contribution in [0.1, 0.15) is 52.4 Å². The number of carbonyl (C=O) groups excluding carboxylic acids is 1. The first kappa shape index (κ1) is 13.5. The van der Waals surface area contributed by atoms with Crippen LogP contribution >= 0.6 is 0 Å². The second kappa shape index (κ2) is 6.24. The minimum absolute atomic E-state index is 0.126. The molecule has 0 aromatic carbocycles. The molecular formula is C13H26N2O. The van der Waals surface area contributed by atoms with Gasteiger partial charge < -0.3 is 10.6 Å². The fourth-order valence-electron chi connectivity index (χ4n) is 2.63. The van der Waals surface area contributed by atoms with Crippen molar-refractivity contribution in [3.63, 3.8) is 0 Å². The fourth-order valence-corrected chi connectivity index (χ4v) is 2.63. The third-order valence-corrected chi connectivity index (χ3v) is 3.72. The normalized spacial score (nSPS) is 27.5. The maximum atomic E-state index is 12.0. The number of rotatable bonds is 4. The lowest BCUT2D eigenvalue weighted by Crippen LogP contribution is -2.47. The largest absolute Gasteiger partial charge is 0.341 e. The molecule has 1 aliphatic rings. The summed E-state index contributed by atoms with van der Waals surface area (Å²) in [6.07, 6.45) is 6.60. The molecule has 0 aromatic heterocycles. The zero-order valence-corrected chi connectivity index (χ0v) is 10.9. The topological polar surface area (TPSA) is 46.3 Å². The molecule has 0 bridgehead atoms. The Morgan fingerprint density at radius 3 is 2.75 bits per heavy atom. The summed E-state index contributed by atoms with van der Waals surface area (Å²) in [5.74, 6) is 0.873. The van der Waals surface area contributed by atoms with E-state index in [0.29, 0.717) is 6.04 Å². The molecule has 0 heterocycles. The van der Waals surface area contributed by atoms with Crippen LogP contribution in [0.15, 0.2) is 0 Å². The van der Waals surface area contributed by atoms with Gasteiger partial charge in [-0.15, -0.1) is 0 Å². The molecule has 3 heteroatoms. The van der Waals surface area contributed by atoms with Gasteiger partial charge in [-0.25, -0.2) is 0 Å². The first-order valence-electron chi connectivity index (χ1n) is 6.58. The SMILES string of the molecule is CCC[C@@H](N)C(=O)N(C)C1CCCC(C)C1. The number of carbonyl (C=O) groups is 1. The Balaban J connectivity index is 2.48. The zero-order chi connectivity index (χ0) is 12.1. The predicted molar refractivity (Wildman–Crippen MR) is 67.1 cm³/mol. The van der Waals surface area contributed by atoms with Crippen LogP contribution in [0.3, 0.4) is 0 Å². The lowest BCUT2D eigenvalue weighted by atomic mass is 9.86. The summed E-state index contributed by atoms with van der Waals surface area (Å²) in [5.41, 5.74) is 5.88. The lowest BCUT2D eigenvalue weighted by Gasteiger charge is -2.35. The molecule has 1 saturated carbocycles. The number of nitrogens with two attached hydrogens (primary N) is 1. The van der Waals surface area contributed by atoms with Gasteiger partial charge in [0, 0.05) is 13.1 Å². The van der Waals surface area contributed by atoms with Crippen LogP contribution in [0, 0.1) is 5.92 Å². The highest BCUT2D eigenvalue weighted by Crippen LogP contribution is 2.26. The maximum absolute atomic E-state index is 12.0. The third kappa shape index (κ3) is 3.48. The van der Waals surface area contributed by atoms with Gasteiger partial charge >= 0.3 is 0 Å². The van der Waals surface area contributed by atoms with E-state index in [1.807, 2.05) is 11.9 Å². The molecule has 16 heavy (non-hydrogen) atoms. The second-order valence-corrected chi connectivity index (χ2v) is 5.27.